The molecule has 154 valence electrons. The quantitative estimate of drug-likeness (QED) is 0.303. The Labute approximate surface area is 166 Å². The number of aliphatic carboxylic acids is 1. The van der Waals surface area contributed by atoms with Crippen molar-refractivity contribution in [3.8, 4) is 0 Å². The minimum Gasteiger partial charge on any atom is -0.481 e. The summed E-state index contributed by atoms with van der Waals surface area (Å²) in [6.07, 6.45) is 12.6. The predicted molar refractivity (Wildman–Crippen MR) is 110 cm³/mol. The van der Waals surface area contributed by atoms with Crippen LogP contribution in [0.15, 0.2) is 23.1 Å². The second-order valence-corrected chi connectivity index (χ2v) is 8.06. The number of carbonyl (C=O) groups excluding carboxylic acids is 1. The molecule has 0 saturated heterocycles. The molecule has 5 nitrogen and oxygen atoms in total. The Kier molecular flexibility index (Phi) is 11.6. The van der Waals surface area contributed by atoms with Crippen LogP contribution in [-0.4, -0.2) is 45.5 Å². The van der Waals surface area contributed by atoms with E-state index in [9.17, 15) is 19.8 Å². The van der Waals surface area contributed by atoms with Gasteiger partial charge in [0.25, 0.3) is 0 Å². The van der Waals surface area contributed by atoms with Crippen LogP contribution in [0.2, 0.25) is 0 Å². The van der Waals surface area contributed by atoms with Gasteiger partial charge in [0.1, 0.15) is 0 Å². The van der Waals surface area contributed by atoms with Gasteiger partial charge in [-0.15, -0.1) is 11.8 Å². The third-order valence-electron chi connectivity index (χ3n) is 4.99. The van der Waals surface area contributed by atoms with E-state index in [1.165, 1.54) is 11.8 Å². The minimum absolute atomic E-state index is 0.0318. The Hall–Kier alpha value is -1.11. The van der Waals surface area contributed by atoms with E-state index in [1.807, 2.05) is 18.4 Å². The fourth-order valence-corrected chi connectivity index (χ4v) is 4.05. The van der Waals surface area contributed by atoms with E-state index in [-0.39, 0.29) is 18.1 Å². The van der Waals surface area contributed by atoms with Gasteiger partial charge in [0.05, 0.1) is 18.1 Å². The Balaban J connectivity index is 2.60. The fourth-order valence-electron chi connectivity index (χ4n) is 3.42. The summed E-state index contributed by atoms with van der Waals surface area (Å²) in [5, 5.41) is 29.3. The first-order valence-corrected chi connectivity index (χ1v) is 11.2. The molecule has 0 heterocycles. The van der Waals surface area contributed by atoms with Crippen molar-refractivity contribution < 1.29 is 24.9 Å². The van der Waals surface area contributed by atoms with Gasteiger partial charge in [0.2, 0.25) is 0 Å². The lowest BCUT2D eigenvalue weighted by Crippen LogP contribution is -2.30. The number of ketones is 1. The Morgan fingerprint density at radius 3 is 2.52 bits per heavy atom. The Bertz CT molecular complexity index is 529. The summed E-state index contributed by atoms with van der Waals surface area (Å²) in [4.78, 5) is 23.8. The van der Waals surface area contributed by atoms with Crippen LogP contribution in [0.3, 0.4) is 0 Å². The van der Waals surface area contributed by atoms with E-state index in [1.54, 1.807) is 6.08 Å². The van der Waals surface area contributed by atoms with Gasteiger partial charge in [-0.05, 0) is 25.5 Å². The number of hydrogen-bond donors (Lipinski definition) is 3. The number of allylic oxidation sites excluding steroid dienone is 3. The number of Topliss-reactive ketones (excluding diaryl/α,β-unsaturated/α-hetero) is 1. The molecule has 0 fully saturated rings. The van der Waals surface area contributed by atoms with E-state index in [4.69, 9.17) is 5.11 Å². The molecule has 0 spiro atoms. The van der Waals surface area contributed by atoms with Gasteiger partial charge in [-0.3, -0.25) is 9.59 Å². The van der Waals surface area contributed by atoms with Crippen molar-refractivity contribution in [1.82, 2.24) is 0 Å². The molecular weight excluding hydrogens is 364 g/mol. The van der Waals surface area contributed by atoms with E-state index < -0.39 is 24.1 Å². The lowest BCUT2D eigenvalue weighted by atomic mass is 9.86. The van der Waals surface area contributed by atoms with Crippen LogP contribution in [0.4, 0.5) is 0 Å². The molecule has 0 aromatic rings. The number of thioether (sulfide) groups is 1. The van der Waals surface area contributed by atoms with E-state index in [0.29, 0.717) is 30.6 Å². The van der Waals surface area contributed by atoms with Crippen molar-refractivity contribution in [3.05, 3.63) is 23.1 Å². The van der Waals surface area contributed by atoms with Crippen LogP contribution in [0.25, 0.3) is 0 Å². The summed E-state index contributed by atoms with van der Waals surface area (Å²) in [5.74, 6) is -1.55. The van der Waals surface area contributed by atoms with Crippen LogP contribution < -0.4 is 0 Å². The average molecular weight is 399 g/mol. The number of carboxylic acid groups (broad SMARTS) is 1. The fraction of sp³-hybridized carbons (Fsp3) is 0.714. The number of aliphatic hydroxyl groups is 2. The molecule has 6 heteroatoms. The first-order chi connectivity index (χ1) is 12.9. The SMILES string of the molecule is CCCCCC(O)C=CC1C=C(SC)C(=O)C1C(O)CCCCCC(=O)O. The maximum atomic E-state index is 12.6. The lowest BCUT2D eigenvalue weighted by molar-refractivity contribution is -0.137. The van der Waals surface area contributed by atoms with E-state index >= 15 is 0 Å². The summed E-state index contributed by atoms with van der Waals surface area (Å²) < 4.78 is 0. The largest absolute Gasteiger partial charge is 0.481 e. The zero-order valence-corrected chi connectivity index (χ0v) is 17.3. The van der Waals surface area contributed by atoms with Crippen molar-refractivity contribution in [1.29, 1.82) is 0 Å². The zero-order chi connectivity index (χ0) is 20.2. The molecule has 3 N–H and O–H groups in total. The van der Waals surface area contributed by atoms with Crippen LogP contribution >= 0.6 is 11.8 Å². The van der Waals surface area contributed by atoms with Crippen molar-refractivity contribution in [2.45, 2.75) is 76.9 Å². The van der Waals surface area contributed by atoms with Crippen molar-refractivity contribution >= 4 is 23.5 Å². The molecule has 0 amide bonds. The highest BCUT2D eigenvalue weighted by Crippen LogP contribution is 2.37. The molecule has 0 saturated carbocycles. The van der Waals surface area contributed by atoms with Gasteiger partial charge < -0.3 is 15.3 Å². The van der Waals surface area contributed by atoms with Gasteiger partial charge in [0, 0.05) is 17.2 Å². The average Bonchev–Trinajstić information content (AvgIpc) is 2.95. The predicted octanol–water partition coefficient (Wildman–Crippen LogP) is 3.94. The highest BCUT2D eigenvalue weighted by molar-refractivity contribution is 8.03. The molecule has 1 aliphatic rings. The smallest absolute Gasteiger partial charge is 0.303 e. The number of carbonyl (C=O) groups is 2. The molecule has 0 aliphatic heterocycles. The highest BCUT2D eigenvalue weighted by atomic mass is 32.2. The van der Waals surface area contributed by atoms with Crippen LogP contribution in [0, 0.1) is 11.8 Å². The van der Waals surface area contributed by atoms with Crippen molar-refractivity contribution in [2.24, 2.45) is 11.8 Å². The van der Waals surface area contributed by atoms with Crippen LogP contribution in [0.5, 0.6) is 0 Å². The summed E-state index contributed by atoms with van der Waals surface area (Å²) >= 11 is 1.39. The van der Waals surface area contributed by atoms with E-state index in [2.05, 4.69) is 6.92 Å². The Morgan fingerprint density at radius 2 is 1.89 bits per heavy atom. The number of rotatable bonds is 14. The third kappa shape index (κ3) is 8.62. The van der Waals surface area contributed by atoms with E-state index in [0.717, 1.165) is 25.7 Å². The zero-order valence-electron chi connectivity index (χ0n) is 16.5. The number of hydrogen-bond acceptors (Lipinski definition) is 5. The van der Waals surface area contributed by atoms with Crippen molar-refractivity contribution in [3.63, 3.8) is 0 Å². The number of aliphatic hydroxyl groups excluding tert-OH is 2. The number of unbranched alkanes of at least 4 members (excludes halogenated alkanes) is 4. The van der Waals surface area contributed by atoms with Crippen molar-refractivity contribution in [2.75, 3.05) is 6.26 Å². The summed E-state index contributed by atoms with van der Waals surface area (Å²) in [5.41, 5.74) is 0. The summed E-state index contributed by atoms with van der Waals surface area (Å²) in [7, 11) is 0. The maximum Gasteiger partial charge on any atom is 0.303 e. The molecule has 1 rings (SSSR count). The van der Waals surface area contributed by atoms with Gasteiger partial charge in [-0.1, -0.05) is 57.3 Å². The number of carboxylic acids is 1. The standard InChI is InChI=1S/C21H34O5S/c1-3-4-6-9-16(22)13-12-15-14-18(27-2)21(26)20(15)17(23)10-7-5-8-11-19(24)25/h12-17,20,22-23H,3-11H2,1-2H3,(H,24,25). The van der Waals surface area contributed by atoms with Gasteiger partial charge in [-0.25, -0.2) is 0 Å². The first kappa shape index (κ1) is 23.9. The molecule has 0 aromatic carbocycles. The lowest BCUT2D eigenvalue weighted by Gasteiger charge is -2.22. The second kappa shape index (κ2) is 13.1. The van der Waals surface area contributed by atoms with Crippen LogP contribution in [0.1, 0.15) is 64.7 Å². The monoisotopic (exact) mass is 398 g/mol. The first-order valence-electron chi connectivity index (χ1n) is 9.97. The topological polar surface area (TPSA) is 94.8 Å². The molecule has 0 radical (unpaired) electrons. The van der Waals surface area contributed by atoms with Gasteiger partial charge >= 0.3 is 5.97 Å². The second-order valence-electron chi connectivity index (χ2n) is 7.21. The third-order valence-corrected chi connectivity index (χ3v) is 5.77. The maximum absolute atomic E-state index is 12.6. The summed E-state index contributed by atoms with van der Waals surface area (Å²) in [6.45, 7) is 2.12. The molecule has 0 bridgehead atoms. The molecule has 27 heavy (non-hydrogen) atoms. The normalized spacial score (nSPS) is 22.2. The minimum atomic E-state index is -0.807. The highest BCUT2D eigenvalue weighted by Gasteiger charge is 2.38. The van der Waals surface area contributed by atoms with Gasteiger partial charge in [0.15, 0.2) is 5.78 Å². The molecule has 4 atom stereocenters. The summed E-state index contributed by atoms with van der Waals surface area (Å²) in [6, 6.07) is 0. The molecule has 0 aromatic heterocycles. The molecular formula is C21H34O5S. The Morgan fingerprint density at radius 1 is 1.19 bits per heavy atom. The van der Waals surface area contributed by atoms with Crippen LogP contribution in [-0.2, 0) is 9.59 Å². The van der Waals surface area contributed by atoms with Gasteiger partial charge in [-0.2, -0.15) is 0 Å². The molecule has 1 aliphatic carbocycles. The molecule has 4 unspecified atom stereocenters.